The summed E-state index contributed by atoms with van der Waals surface area (Å²) < 4.78 is 29.7. The van der Waals surface area contributed by atoms with Crippen molar-refractivity contribution in [1.82, 2.24) is 4.83 Å². The summed E-state index contributed by atoms with van der Waals surface area (Å²) in [4.78, 5) is 2.27. The van der Waals surface area contributed by atoms with E-state index in [1.807, 2.05) is 12.1 Å². The van der Waals surface area contributed by atoms with Gasteiger partial charge in [-0.3, -0.25) is 0 Å². The van der Waals surface area contributed by atoms with Crippen molar-refractivity contribution in [3.05, 3.63) is 59.1 Å². The van der Waals surface area contributed by atoms with Gasteiger partial charge in [0.1, 0.15) is 5.75 Å². The van der Waals surface area contributed by atoms with Gasteiger partial charge in [-0.05, 0) is 60.5 Å². The third-order valence-electron chi connectivity index (χ3n) is 3.16. The van der Waals surface area contributed by atoms with E-state index in [9.17, 15) is 8.42 Å². The summed E-state index contributed by atoms with van der Waals surface area (Å²) >= 11 is 5.74. The first-order valence-electron chi connectivity index (χ1n) is 7.54. The smallest absolute Gasteiger partial charge is 0.276 e. The second-order valence-electron chi connectivity index (χ2n) is 5.08. The van der Waals surface area contributed by atoms with Crippen LogP contribution in [0, 0.1) is 0 Å². The zero-order valence-electron chi connectivity index (χ0n) is 13.3. The van der Waals surface area contributed by atoms with Crippen LogP contribution in [0.4, 0.5) is 0 Å². The minimum absolute atomic E-state index is 0.101. The van der Waals surface area contributed by atoms with Crippen molar-refractivity contribution in [3.8, 4) is 5.75 Å². The van der Waals surface area contributed by atoms with Crippen LogP contribution in [0.3, 0.4) is 0 Å². The second-order valence-corrected chi connectivity index (χ2v) is 7.18. The van der Waals surface area contributed by atoms with Gasteiger partial charge in [-0.2, -0.15) is 13.5 Å². The molecule has 0 saturated heterocycles. The lowest BCUT2D eigenvalue weighted by Gasteiger charge is -2.05. The molecule has 0 aliphatic carbocycles. The molecule has 2 rings (SSSR count). The fourth-order valence-corrected chi connectivity index (χ4v) is 2.74. The zero-order chi connectivity index (χ0) is 17.4. The van der Waals surface area contributed by atoms with Crippen LogP contribution in [0.5, 0.6) is 5.75 Å². The zero-order valence-corrected chi connectivity index (χ0v) is 14.8. The Kier molecular flexibility index (Phi) is 6.63. The molecule has 0 fully saturated rings. The number of hydrogen-bond acceptors (Lipinski definition) is 4. The van der Waals surface area contributed by atoms with Crippen LogP contribution in [0.15, 0.2) is 58.5 Å². The van der Waals surface area contributed by atoms with E-state index < -0.39 is 10.0 Å². The largest absolute Gasteiger partial charge is 0.494 e. The Morgan fingerprint density at radius 1 is 1.12 bits per heavy atom. The average Bonchev–Trinajstić information content (AvgIpc) is 2.57. The highest BCUT2D eigenvalue weighted by atomic mass is 35.5. The highest BCUT2D eigenvalue weighted by molar-refractivity contribution is 7.89. The van der Waals surface area contributed by atoms with Crippen molar-refractivity contribution < 1.29 is 13.2 Å². The van der Waals surface area contributed by atoms with Gasteiger partial charge in [0.15, 0.2) is 0 Å². The summed E-state index contributed by atoms with van der Waals surface area (Å²) in [5, 5.41) is 4.25. The lowest BCUT2D eigenvalue weighted by atomic mass is 10.2. The molecule has 0 heterocycles. The maximum absolute atomic E-state index is 12.0. The topological polar surface area (TPSA) is 67.8 Å². The molecular weight excluding hydrogens is 348 g/mol. The number of nitrogens with one attached hydrogen (secondary N) is 1. The molecule has 0 atom stereocenters. The molecule has 0 bridgehead atoms. The maximum atomic E-state index is 12.0. The first-order valence-corrected chi connectivity index (χ1v) is 9.40. The van der Waals surface area contributed by atoms with E-state index >= 15 is 0 Å². The van der Waals surface area contributed by atoms with E-state index in [2.05, 4.69) is 16.9 Å². The Labute approximate surface area is 147 Å². The molecule has 0 aliphatic rings. The van der Waals surface area contributed by atoms with E-state index in [0.717, 1.165) is 24.2 Å². The Bertz CT molecular complexity index is 772. The number of sulfonamides is 1. The van der Waals surface area contributed by atoms with Crippen LogP contribution in [-0.4, -0.2) is 21.2 Å². The monoisotopic (exact) mass is 366 g/mol. The highest BCUT2D eigenvalue weighted by Gasteiger charge is 2.11. The average molecular weight is 367 g/mol. The molecule has 0 aliphatic heterocycles. The Morgan fingerprint density at radius 2 is 1.79 bits per heavy atom. The van der Waals surface area contributed by atoms with Crippen LogP contribution in [0.2, 0.25) is 5.02 Å². The minimum Gasteiger partial charge on any atom is -0.494 e. The summed E-state index contributed by atoms with van der Waals surface area (Å²) in [5.74, 6) is 0.780. The number of halogens is 1. The second kappa shape index (κ2) is 8.70. The van der Waals surface area contributed by atoms with Gasteiger partial charge in [0.05, 0.1) is 17.7 Å². The third kappa shape index (κ3) is 5.54. The summed E-state index contributed by atoms with van der Waals surface area (Å²) in [6, 6.07) is 13.1. The maximum Gasteiger partial charge on any atom is 0.276 e. The van der Waals surface area contributed by atoms with Gasteiger partial charge in [0.25, 0.3) is 10.0 Å². The number of benzene rings is 2. The molecule has 0 saturated carbocycles. The molecule has 7 heteroatoms. The molecule has 24 heavy (non-hydrogen) atoms. The van der Waals surface area contributed by atoms with Crippen molar-refractivity contribution in [1.29, 1.82) is 0 Å². The number of hydrazone groups is 1. The van der Waals surface area contributed by atoms with Gasteiger partial charge < -0.3 is 4.74 Å². The quantitative estimate of drug-likeness (QED) is 0.438. The Balaban J connectivity index is 1.94. The molecule has 128 valence electrons. The van der Waals surface area contributed by atoms with Crippen LogP contribution in [0.25, 0.3) is 0 Å². The first kappa shape index (κ1) is 18.3. The number of hydrogen-bond donors (Lipinski definition) is 1. The summed E-state index contributed by atoms with van der Waals surface area (Å²) in [6.45, 7) is 2.79. The molecule has 0 aromatic heterocycles. The van der Waals surface area contributed by atoms with E-state index in [1.54, 1.807) is 12.1 Å². The van der Waals surface area contributed by atoms with Gasteiger partial charge in [-0.15, -0.1) is 0 Å². The standard InChI is InChI=1S/C17H19ClN2O3S/c1-2-3-12-23-16-8-4-14(5-9-16)13-19-20-24(21,22)17-10-6-15(18)7-11-17/h4-11,13,20H,2-3,12H2,1H3/b19-13-. The molecule has 2 aromatic rings. The molecule has 1 N–H and O–H groups in total. The van der Waals surface area contributed by atoms with Crippen LogP contribution >= 0.6 is 11.6 Å². The molecule has 0 spiro atoms. The molecule has 2 aromatic carbocycles. The van der Waals surface area contributed by atoms with Crippen LogP contribution in [0.1, 0.15) is 25.3 Å². The van der Waals surface area contributed by atoms with E-state index in [0.29, 0.717) is 11.6 Å². The summed E-state index contributed by atoms with van der Waals surface area (Å²) in [5.41, 5.74) is 0.761. The Morgan fingerprint density at radius 3 is 2.42 bits per heavy atom. The van der Waals surface area contributed by atoms with E-state index in [1.165, 1.54) is 30.5 Å². The van der Waals surface area contributed by atoms with Gasteiger partial charge in [-0.1, -0.05) is 24.9 Å². The van der Waals surface area contributed by atoms with Gasteiger partial charge in [0.2, 0.25) is 0 Å². The normalized spacial score (nSPS) is 11.6. The van der Waals surface area contributed by atoms with Crippen LogP contribution < -0.4 is 9.57 Å². The number of rotatable bonds is 8. The minimum atomic E-state index is -3.70. The molecule has 0 amide bonds. The molecular formula is C17H19ClN2O3S. The molecule has 5 nitrogen and oxygen atoms in total. The van der Waals surface area contributed by atoms with Crippen LogP contribution in [-0.2, 0) is 10.0 Å². The fraction of sp³-hybridized carbons (Fsp3) is 0.235. The fourth-order valence-electron chi connectivity index (χ4n) is 1.82. The lowest BCUT2D eigenvalue weighted by molar-refractivity contribution is 0.309. The van der Waals surface area contributed by atoms with E-state index in [-0.39, 0.29) is 4.90 Å². The Hall–Kier alpha value is -2.05. The van der Waals surface area contributed by atoms with Crippen molar-refractivity contribution in [2.24, 2.45) is 5.10 Å². The highest BCUT2D eigenvalue weighted by Crippen LogP contribution is 2.14. The van der Waals surface area contributed by atoms with Crippen molar-refractivity contribution >= 4 is 27.8 Å². The number of ether oxygens (including phenoxy) is 1. The number of unbranched alkanes of at least 4 members (excludes halogenated alkanes) is 1. The van der Waals surface area contributed by atoms with Crippen molar-refractivity contribution in [3.63, 3.8) is 0 Å². The predicted molar refractivity (Wildman–Crippen MR) is 96.2 cm³/mol. The SMILES string of the molecule is CCCCOc1ccc(/C=N\NS(=O)(=O)c2ccc(Cl)cc2)cc1. The molecule has 0 radical (unpaired) electrons. The molecule has 0 unspecified atom stereocenters. The third-order valence-corrected chi connectivity index (χ3v) is 4.65. The van der Waals surface area contributed by atoms with E-state index in [4.69, 9.17) is 16.3 Å². The number of nitrogens with zero attached hydrogens (tertiary/aromatic N) is 1. The van der Waals surface area contributed by atoms with Crippen molar-refractivity contribution in [2.45, 2.75) is 24.7 Å². The summed E-state index contributed by atoms with van der Waals surface area (Å²) in [6.07, 6.45) is 3.53. The summed E-state index contributed by atoms with van der Waals surface area (Å²) in [7, 11) is -3.70. The van der Waals surface area contributed by atoms with Gasteiger partial charge in [-0.25, -0.2) is 4.83 Å². The van der Waals surface area contributed by atoms with Gasteiger partial charge in [0, 0.05) is 5.02 Å². The lowest BCUT2D eigenvalue weighted by Crippen LogP contribution is -2.18. The van der Waals surface area contributed by atoms with Crippen molar-refractivity contribution in [2.75, 3.05) is 6.61 Å². The van der Waals surface area contributed by atoms with Gasteiger partial charge >= 0.3 is 0 Å². The first-order chi connectivity index (χ1) is 11.5. The predicted octanol–water partition coefficient (Wildman–Crippen LogP) is 3.83.